The van der Waals surface area contributed by atoms with Crippen molar-refractivity contribution in [3.8, 4) is 5.75 Å². The Morgan fingerprint density at radius 1 is 0.900 bits per heavy atom. The number of carbonyl (C=O) groups is 2. The summed E-state index contributed by atoms with van der Waals surface area (Å²) in [7, 11) is 1.57. The molecule has 5 nitrogen and oxygen atoms in total. The second-order valence-electron chi connectivity index (χ2n) is 6.87. The third-order valence-electron chi connectivity index (χ3n) is 4.83. The Balaban J connectivity index is 1.85. The third kappa shape index (κ3) is 3.62. The summed E-state index contributed by atoms with van der Waals surface area (Å²) in [5.41, 5.74) is 3.33. The highest BCUT2D eigenvalue weighted by Crippen LogP contribution is 2.36. The van der Waals surface area contributed by atoms with Crippen LogP contribution in [0.15, 0.2) is 83.0 Å². The highest BCUT2D eigenvalue weighted by molar-refractivity contribution is 9.10. The summed E-state index contributed by atoms with van der Waals surface area (Å²) in [4.78, 5) is 28.0. The van der Waals surface area contributed by atoms with Crippen molar-refractivity contribution >= 4 is 44.7 Å². The minimum atomic E-state index is -0.416. The van der Waals surface area contributed by atoms with Crippen LogP contribution in [0.2, 0.25) is 0 Å². The van der Waals surface area contributed by atoms with Crippen molar-refractivity contribution in [3.05, 3.63) is 94.1 Å². The van der Waals surface area contributed by atoms with Gasteiger partial charge in [0.15, 0.2) is 0 Å². The normalized spacial score (nSPS) is 13.8. The first-order valence-corrected chi connectivity index (χ1v) is 10.1. The van der Waals surface area contributed by atoms with Crippen molar-refractivity contribution in [2.45, 2.75) is 6.92 Å². The Kier molecular flexibility index (Phi) is 5.42. The van der Waals surface area contributed by atoms with Crippen LogP contribution in [-0.4, -0.2) is 18.9 Å². The lowest BCUT2D eigenvalue weighted by atomic mass is 10.0. The van der Waals surface area contributed by atoms with Gasteiger partial charge in [-0.05, 0) is 48.4 Å². The van der Waals surface area contributed by atoms with Gasteiger partial charge in [0.05, 0.1) is 24.1 Å². The third-order valence-corrected chi connectivity index (χ3v) is 5.32. The van der Waals surface area contributed by atoms with Crippen LogP contribution in [0.5, 0.6) is 5.75 Å². The van der Waals surface area contributed by atoms with Gasteiger partial charge in [-0.2, -0.15) is 0 Å². The molecule has 4 rings (SSSR count). The van der Waals surface area contributed by atoms with E-state index in [1.54, 1.807) is 25.3 Å². The smallest absolute Gasteiger partial charge is 0.282 e. The fraction of sp³-hybridized carbons (Fsp3) is 0.0833. The van der Waals surface area contributed by atoms with Crippen LogP contribution in [0.3, 0.4) is 0 Å². The summed E-state index contributed by atoms with van der Waals surface area (Å²) >= 11 is 3.41. The Labute approximate surface area is 183 Å². The number of hydrogen-bond donors (Lipinski definition) is 1. The number of nitrogens with zero attached hydrogens (tertiary/aromatic N) is 1. The Morgan fingerprint density at radius 3 is 2.37 bits per heavy atom. The van der Waals surface area contributed by atoms with Gasteiger partial charge < -0.3 is 10.1 Å². The monoisotopic (exact) mass is 462 g/mol. The van der Waals surface area contributed by atoms with Gasteiger partial charge in [0.1, 0.15) is 11.4 Å². The zero-order valence-electron chi connectivity index (χ0n) is 16.5. The van der Waals surface area contributed by atoms with Gasteiger partial charge in [-0.3, -0.25) is 9.59 Å². The molecule has 2 amide bonds. The van der Waals surface area contributed by atoms with E-state index in [0.717, 1.165) is 10.0 Å². The quantitative estimate of drug-likeness (QED) is 0.531. The predicted molar refractivity (Wildman–Crippen MR) is 121 cm³/mol. The molecule has 150 valence electrons. The molecule has 0 unspecified atom stereocenters. The van der Waals surface area contributed by atoms with E-state index in [4.69, 9.17) is 4.74 Å². The van der Waals surface area contributed by atoms with Crippen LogP contribution in [0.1, 0.15) is 11.1 Å². The minimum Gasteiger partial charge on any atom is -0.495 e. The van der Waals surface area contributed by atoms with Crippen molar-refractivity contribution in [2.24, 2.45) is 0 Å². The number of nitrogens with one attached hydrogen (secondary N) is 1. The van der Waals surface area contributed by atoms with Crippen LogP contribution in [0, 0.1) is 6.92 Å². The maximum atomic E-state index is 13.4. The number of aryl methyl sites for hydroxylation is 1. The molecule has 1 aliphatic heterocycles. The molecule has 0 atom stereocenters. The van der Waals surface area contributed by atoms with Gasteiger partial charge in [0.25, 0.3) is 11.8 Å². The number of amides is 2. The summed E-state index contributed by atoms with van der Waals surface area (Å²) < 4.78 is 6.22. The first-order chi connectivity index (χ1) is 14.5. The number of halogens is 1. The molecule has 0 saturated carbocycles. The van der Waals surface area contributed by atoms with Gasteiger partial charge in [0.2, 0.25) is 0 Å². The van der Waals surface area contributed by atoms with Crippen LogP contribution in [-0.2, 0) is 9.59 Å². The lowest BCUT2D eigenvalue weighted by Gasteiger charge is -2.16. The highest BCUT2D eigenvalue weighted by atomic mass is 79.9. The van der Waals surface area contributed by atoms with Gasteiger partial charge in [-0.15, -0.1) is 0 Å². The number of imide groups is 1. The van der Waals surface area contributed by atoms with E-state index in [0.29, 0.717) is 28.3 Å². The topological polar surface area (TPSA) is 58.6 Å². The van der Waals surface area contributed by atoms with Crippen LogP contribution < -0.4 is 15.0 Å². The predicted octanol–water partition coefficient (Wildman–Crippen LogP) is 5.16. The molecule has 0 bridgehead atoms. The van der Waals surface area contributed by atoms with Crippen molar-refractivity contribution in [2.75, 3.05) is 17.3 Å². The fourth-order valence-electron chi connectivity index (χ4n) is 3.42. The van der Waals surface area contributed by atoms with Gasteiger partial charge >= 0.3 is 0 Å². The Morgan fingerprint density at radius 2 is 1.67 bits per heavy atom. The number of hydrogen-bond acceptors (Lipinski definition) is 4. The summed E-state index contributed by atoms with van der Waals surface area (Å²) in [6.07, 6.45) is 0. The highest BCUT2D eigenvalue weighted by Gasteiger charge is 2.40. The molecular weight excluding hydrogens is 444 g/mol. The van der Waals surface area contributed by atoms with E-state index in [1.807, 2.05) is 61.5 Å². The van der Waals surface area contributed by atoms with Crippen molar-refractivity contribution < 1.29 is 14.3 Å². The number of methoxy groups -OCH3 is 1. The SMILES string of the molecule is COc1ccc(C)cc1NC1=C(c2ccccc2)C(=O)N(c2cccc(Br)c2)C1=O. The number of anilines is 2. The van der Waals surface area contributed by atoms with E-state index in [1.165, 1.54) is 4.90 Å². The molecular formula is C24H19BrN2O3. The molecule has 0 fully saturated rings. The maximum absolute atomic E-state index is 13.4. The van der Waals surface area contributed by atoms with Gasteiger partial charge in [0, 0.05) is 4.47 Å². The van der Waals surface area contributed by atoms with Gasteiger partial charge in [-0.1, -0.05) is 58.4 Å². The molecule has 0 aromatic heterocycles. The Hall–Kier alpha value is -3.38. The van der Waals surface area contributed by atoms with Gasteiger partial charge in [-0.25, -0.2) is 4.90 Å². The second kappa shape index (κ2) is 8.16. The van der Waals surface area contributed by atoms with E-state index in [9.17, 15) is 9.59 Å². The minimum absolute atomic E-state index is 0.218. The van der Waals surface area contributed by atoms with E-state index < -0.39 is 5.91 Å². The maximum Gasteiger partial charge on any atom is 0.282 e. The number of rotatable bonds is 5. The number of carbonyl (C=O) groups excluding carboxylic acids is 2. The second-order valence-corrected chi connectivity index (χ2v) is 7.79. The van der Waals surface area contributed by atoms with Crippen molar-refractivity contribution in [1.29, 1.82) is 0 Å². The summed E-state index contributed by atoms with van der Waals surface area (Å²) in [6, 6.07) is 21.9. The summed E-state index contributed by atoms with van der Waals surface area (Å²) in [5, 5.41) is 3.18. The largest absolute Gasteiger partial charge is 0.495 e. The molecule has 0 spiro atoms. The van der Waals surface area contributed by atoms with Crippen LogP contribution >= 0.6 is 15.9 Å². The van der Waals surface area contributed by atoms with Crippen molar-refractivity contribution in [3.63, 3.8) is 0 Å². The molecule has 30 heavy (non-hydrogen) atoms. The standard InChI is InChI=1S/C24H19BrN2O3/c1-15-11-12-20(30-2)19(13-15)26-22-21(16-7-4-3-5-8-16)23(28)27(24(22)29)18-10-6-9-17(25)14-18/h3-14,26H,1-2H3. The lowest BCUT2D eigenvalue weighted by Crippen LogP contribution is -2.32. The van der Waals surface area contributed by atoms with E-state index >= 15 is 0 Å². The molecule has 6 heteroatoms. The summed E-state index contributed by atoms with van der Waals surface area (Å²) in [5.74, 6) is -0.208. The van der Waals surface area contributed by atoms with Crippen molar-refractivity contribution in [1.82, 2.24) is 0 Å². The number of ether oxygens (including phenoxy) is 1. The molecule has 1 heterocycles. The molecule has 0 saturated heterocycles. The molecule has 1 aliphatic rings. The van der Waals surface area contributed by atoms with E-state index in [-0.39, 0.29) is 11.6 Å². The van der Waals surface area contributed by atoms with E-state index in [2.05, 4.69) is 21.2 Å². The number of benzene rings is 3. The molecule has 0 radical (unpaired) electrons. The van der Waals surface area contributed by atoms with Crippen LogP contribution in [0.25, 0.3) is 5.57 Å². The zero-order valence-corrected chi connectivity index (χ0v) is 18.1. The summed E-state index contributed by atoms with van der Waals surface area (Å²) in [6.45, 7) is 1.95. The molecule has 3 aromatic rings. The molecule has 3 aromatic carbocycles. The van der Waals surface area contributed by atoms with Crippen LogP contribution in [0.4, 0.5) is 11.4 Å². The molecule has 1 N–H and O–H groups in total. The average molecular weight is 463 g/mol. The average Bonchev–Trinajstić information content (AvgIpc) is 2.98. The fourth-order valence-corrected chi connectivity index (χ4v) is 3.81. The lowest BCUT2D eigenvalue weighted by molar-refractivity contribution is -0.120. The Bertz CT molecular complexity index is 1170. The first kappa shape index (κ1) is 19.9. The zero-order chi connectivity index (χ0) is 21.3. The first-order valence-electron chi connectivity index (χ1n) is 9.35. The molecule has 0 aliphatic carbocycles.